The SMILES string of the molecule is CSCCC1NC(=O)C(Cc2ccccc2)N(Cc2ccc(C)o2)C1=O. The van der Waals surface area contributed by atoms with E-state index in [4.69, 9.17) is 4.42 Å². The van der Waals surface area contributed by atoms with Crippen LogP contribution in [-0.2, 0) is 22.6 Å². The van der Waals surface area contributed by atoms with Crippen LogP contribution in [0.5, 0.6) is 0 Å². The lowest BCUT2D eigenvalue weighted by atomic mass is 9.98. The number of nitrogens with one attached hydrogen (secondary N) is 1. The molecule has 0 spiro atoms. The number of thioether (sulfide) groups is 1. The molecule has 1 aromatic heterocycles. The lowest BCUT2D eigenvalue weighted by Crippen LogP contribution is -2.63. The topological polar surface area (TPSA) is 62.6 Å². The lowest BCUT2D eigenvalue weighted by Gasteiger charge is -2.38. The third-order valence-electron chi connectivity index (χ3n) is 4.58. The highest BCUT2D eigenvalue weighted by molar-refractivity contribution is 7.98. The Balaban J connectivity index is 1.84. The molecule has 0 saturated carbocycles. The van der Waals surface area contributed by atoms with E-state index < -0.39 is 12.1 Å². The molecule has 2 unspecified atom stereocenters. The summed E-state index contributed by atoms with van der Waals surface area (Å²) in [5.74, 6) is 2.20. The molecule has 5 nitrogen and oxygen atoms in total. The quantitative estimate of drug-likeness (QED) is 0.812. The minimum absolute atomic E-state index is 0.0337. The normalized spacial score (nSPS) is 20.3. The van der Waals surface area contributed by atoms with E-state index in [9.17, 15) is 9.59 Å². The van der Waals surface area contributed by atoms with Crippen molar-refractivity contribution in [2.24, 2.45) is 0 Å². The molecule has 26 heavy (non-hydrogen) atoms. The standard InChI is InChI=1S/C20H24N2O3S/c1-14-8-9-16(25-14)13-22-18(12-15-6-4-3-5-7-15)19(23)21-17(20(22)24)10-11-26-2/h3-9,17-18H,10-13H2,1-2H3,(H,21,23). The van der Waals surface area contributed by atoms with Crippen LogP contribution >= 0.6 is 11.8 Å². The van der Waals surface area contributed by atoms with Gasteiger partial charge < -0.3 is 14.6 Å². The minimum Gasteiger partial charge on any atom is -0.464 e. The molecule has 2 heterocycles. The average Bonchev–Trinajstić information content (AvgIpc) is 3.05. The molecule has 3 rings (SSSR count). The van der Waals surface area contributed by atoms with E-state index in [1.165, 1.54) is 0 Å². The van der Waals surface area contributed by atoms with Crippen molar-refractivity contribution in [1.29, 1.82) is 0 Å². The van der Waals surface area contributed by atoms with Crippen molar-refractivity contribution in [3.8, 4) is 0 Å². The number of carbonyl (C=O) groups is 2. The molecule has 1 aliphatic heterocycles. The number of nitrogens with zero attached hydrogens (tertiary/aromatic N) is 1. The first-order valence-corrected chi connectivity index (χ1v) is 10.2. The molecular formula is C20H24N2O3S. The van der Waals surface area contributed by atoms with Crippen molar-refractivity contribution < 1.29 is 14.0 Å². The van der Waals surface area contributed by atoms with E-state index in [2.05, 4.69) is 5.32 Å². The summed E-state index contributed by atoms with van der Waals surface area (Å²) in [6, 6.07) is 12.5. The molecule has 1 N–H and O–H groups in total. The van der Waals surface area contributed by atoms with Crippen LogP contribution in [0.1, 0.15) is 23.5 Å². The van der Waals surface area contributed by atoms with Crippen molar-refractivity contribution in [3.63, 3.8) is 0 Å². The van der Waals surface area contributed by atoms with Gasteiger partial charge in [-0.25, -0.2) is 0 Å². The van der Waals surface area contributed by atoms with Gasteiger partial charge in [0, 0.05) is 6.42 Å². The number of benzene rings is 1. The van der Waals surface area contributed by atoms with Crippen molar-refractivity contribution in [2.45, 2.75) is 38.4 Å². The molecule has 1 saturated heterocycles. The molecule has 0 bridgehead atoms. The molecule has 6 heteroatoms. The number of hydrogen-bond donors (Lipinski definition) is 1. The van der Waals surface area contributed by atoms with Crippen LogP contribution in [0.4, 0.5) is 0 Å². The van der Waals surface area contributed by atoms with E-state index in [1.807, 2.05) is 55.6 Å². The van der Waals surface area contributed by atoms with Crippen LogP contribution in [0.2, 0.25) is 0 Å². The van der Waals surface area contributed by atoms with Gasteiger partial charge in [0.15, 0.2) is 0 Å². The molecule has 1 aliphatic rings. The molecule has 2 aromatic rings. The molecule has 0 aliphatic carbocycles. The van der Waals surface area contributed by atoms with Crippen molar-refractivity contribution in [2.75, 3.05) is 12.0 Å². The van der Waals surface area contributed by atoms with Gasteiger partial charge >= 0.3 is 0 Å². The summed E-state index contributed by atoms with van der Waals surface area (Å²) in [6.07, 6.45) is 3.13. The van der Waals surface area contributed by atoms with Gasteiger partial charge in [-0.1, -0.05) is 30.3 Å². The Morgan fingerprint density at radius 1 is 1.15 bits per heavy atom. The molecule has 2 amide bonds. The number of piperazine rings is 1. The Morgan fingerprint density at radius 2 is 1.92 bits per heavy atom. The first-order chi connectivity index (χ1) is 12.6. The first-order valence-electron chi connectivity index (χ1n) is 8.77. The highest BCUT2D eigenvalue weighted by Crippen LogP contribution is 2.21. The van der Waals surface area contributed by atoms with Crippen LogP contribution in [-0.4, -0.2) is 40.8 Å². The van der Waals surface area contributed by atoms with Crippen LogP contribution in [0.3, 0.4) is 0 Å². The van der Waals surface area contributed by atoms with Crippen molar-refractivity contribution in [3.05, 3.63) is 59.5 Å². The third-order valence-corrected chi connectivity index (χ3v) is 5.23. The van der Waals surface area contributed by atoms with Crippen LogP contribution in [0, 0.1) is 6.92 Å². The number of hydrogen-bond acceptors (Lipinski definition) is 4. The predicted octanol–water partition coefficient (Wildman–Crippen LogP) is 2.78. The van der Waals surface area contributed by atoms with E-state index >= 15 is 0 Å². The monoisotopic (exact) mass is 372 g/mol. The van der Waals surface area contributed by atoms with Gasteiger partial charge in [0.05, 0.1) is 6.54 Å². The van der Waals surface area contributed by atoms with Crippen molar-refractivity contribution >= 4 is 23.6 Å². The van der Waals surface area contributed by atoms with E-state index in [-0.39, 0.29) is 11.8 Å². The number of aryl methyl sites for hydroxylation is 1. The number of rotatable bonds is 7. The fourth-order valence-corrected chi connectivity index (χ4v) is 3.69. The van der Waals surface area contributed by atoms with E-state index in [1.54, 1.807) is 16.7 Å². The summed E-state index contributed by atoms with van der Waals surface area (Å²) in [5, 5.41) is 2.92. The molecule has 1 fully saturated rings. The fourth-order valence-electron chi connectivity index (χ4n) is 3.22. The zero-order valence-electron chi connectivity index (χ0n) is 15.1. The molecular weight excluding hydrogens is 348 g/mol. The number of carbonyl (C=O) groups excluding carboxylic acids is 2. The number of furan rings is 1. The van der Waals surface area contributed by atoms with Gasteiger partial charge in [-0.2, -0.15) is 11.8 Å². The predicted molar refractivity (Wildman–Crippen MR) is 103 cm³/mol. The van der Waals surface area contributed by atoms with Crippen molar-refractivity contribution in [1.82, 2.24) is 10.2 Å². The highest BCUT2D eigenvalue weighted by Gasteiger charge is 2.40. The second-order valence-electron chi connectivity index (χ2n) is 6.53. The Morgan fingerprint density at radius 3 is 2.58 bits per heavy atom. The Bertz CT molecular complexity index is 759. The summed E-state index contributed by atoms with van der Waals surface area (Å²) in [5.41, 5.74) is 1.03. The maximum atomic E-state index is 13.0. The zero-order chi connectivity index (χ0) is 18.5. The van der Waals surface area contributed by atoms with Crippen LogP contribution in [0.25, 0.3) is 0 Å². The minimum atomic E-state index is -0.527. The largest absolute Gasteiger partial charge is 0.464 e. The first kappa shape index (κ1) is 18.6. The summed E-state index contributed by atoms with van der Waals surface area (Å²) in [6.45, 7) is 2.18. The second-order valence-corrected chi connectivity index (χ2v) is 7.51. The second kappa shape index (κ2) is 8.45. The maximum Gasteiger partial charge on any atom is 0.246 e. The molecule has 138 valence electrons. The van der Waals surface area contributed by atoms with Crippen LogP contribution < -0.4 is 5.32 Å². The van der Waals surface area contributed by atoms with Gasteiger partial charge in [0.25, 0.3) is 0 Å². The van der Waals surface area contributed by atoms with E-state index in [0.29, 0.717) is 25.1 Å². The van der Waals surface area contributed by atoms with Gasteiger partial charge in [0.1, 0.15) is 23.6 Å². The Labute approximate surface area is 158 Å². The highest BCUT2D eigenvalue weighted by atomic mass is 32.2. The fraction of sp³-hybridized carbons (Fsp3) is 0.400. The van der Waals surface area contributed by atoms with Gasteiger partial charge in [-0.05, 0) is 43.0 Å². The van der Waals surface area contributed by atoms with Gasteiger partial charge in [-0.3, -0.25) is 9.59 Å². The van der Waals surface area contributed by atoms with E-state index in [0.717, 1.165) is 17.1 Å². The summed E-state index contributed by atoms with van der Waals surface area (Å²) in [4.78, 5) is 27.5. The maximum absolute atomic E-state index is 13.0. The molecule has 0 radical (unpaired) electrons. The van der Waals surface area contributed by atoms with Crippen LogP contribution in [0.15, 0.2) is 46.9 Å². The molecule has 2 atom stereocenters. The van der Waals surface area contributed by atoms with Gasteiger partial charge in [0.2, 0.25) is 11.8 Å². The van der Waals surface area contributed by atoms with Gasteiger partial charge in [-0.15, -0.1) is 0 Å². The Kier molecular flexibility index (Phi) is 6.04. The average molecular weight is 372 g/mol. The number of amides is 2. The zero-order valence-corrected chi connectivity index (χ0v) is 15.9. The molecule has 1 aromatic carbocycles. The summed E-state index contributed by atoms with van der Waals surface area (Å²) < 4.78 is 5.66. The lowest BCUT2D eigenvalue weighted by molar-refractivity contribution is -0.150. The summed E-state index contributed by atoms with van der Waals surface area (Å²) >= 11 is 1.67. The Hall–Kier alpha value is -2.21. The smallest absolute Gasteiger partial charge is 0.246 e. The summed E-state index contributed by atoms with van der Waals surface area (Å²) in [7, 11) is 0. The third kappa shape index (κ3) is 4.30.